The Hall–Kier alpha value is -4.78. The summed E-state index contributed by atoms with van der Waals surface area (Å²) in [6, 6.07) is 30.8. The van der Waals surface area contributed by atoms with Gasteiger partial charge in [-0.15, -0.1) is 0 Å². The van der Waals surface area contributed by atoms with Gasteiger partial charge in [-0.3, -0.25) is 4.79 Å². The van der Waals surface area contributed by atoms with Crippen LogP contribution in [-0.4, -0.2) is 33.6 Å². The SMILES string of the molecule is COC(=O)C(Cc1ccc(OCc2ccccc2)c(OC)c1)C(C=O)Cc1ccc(OCc2ccccc2)c(OC)c1. The number of esters is 1. The zero-order valence-electron chi connectivity index (χ0n) is 24.2. The van der Waals surface area contributed by atoms with E-state index < -0.39 is 17.8 Å². The predicted molar refractivity (Wildman–Crippen MR) is 160 cm³/mol. The van der Waals surface area contributed by atoms with Gasteiger partial charge in [-0.05, 0) is 59.4 Å². The molecule has 0 aromatic heterocycles. The molecule has 0 aliphatic rings. The van der Waals surface area contributed by atoms with E-state index in [9.17, 15) is 9.59 Å². The summed E-state index contributed by atoms with van der Waals surface area (Å²) < 4.78 is 28.2. The highest BCUT2D eigenvalue weighted by Gasteiger charge is 2.30. The lowest BCUT2D eigenvalue weighted by atomic mass is 9.83. The quantitative estimate of drug-likeness (QED) is 0.124. The minimum Gasteiger partial charge on any atom is -0.493 e. The predicted octanol–water partition coefficient (Wildman–Crippen LogP) is 6.25. The lowest BCUT2D eigenvalue weighted by Gasteiger charge is -2.22. The first-order valence-electron chi connectivity index (χ1n) is 13.7. The van der Waals surface area contributed by atoms with Crippen LogP contribution < -0.4 is 18.9 Å². The average molecular weight is 569 g/mol. The molecule has 0 radical (unpaired) electrons. The number of aldehydes is 1. The van der Waals surface area contributed by atoms with E-state index in [0.29, 0.717) is 49.1 Å². The van der Waals surface area contributed by atoms with Crippen molar-refractivity contribution in [2.75, 3.05) is 21.3 Å². The third kappa shape index (κ3) is 8.13. The van der Waals surface area contributed by atoms with E-state index in [1.54, 1.807) is 14.2 Å². The molecule has 0 bridgehead atoms. The van der Waals surface area contributed by atoms with Crippen molar-refractivity contribution in [2.45, 2.75) is 26.1 Å². The summed E-state index contributed by atoms with van der Waals surface area (Å²) in [7, 11) is 4.48. The topological polar surface area (TPSA) is 80.3 Å². The van der Waals surface area contributed by atoms with E-state index in [1.165, 1.54) is 7.11 Å². The highest BCUT2D eigenvalue weighted by molar-refractivity contribution is 5.77. The molecule has 0 fully saturated rings. The number of hydrogen-bond acceptors (Lipinski definition) is 7. The van der Waals surface area contributed by atoms with Gasteiger partial charge in [-0.2, -0.15) is 0 Å². The molecule has 0 saturated heterocycles. The van der Waals surface area contributed by atoms with Gasteiger partial charge in [0, 0.05) is 5.92 Å². The van der Waals surface area contributed by atoms with Crippen LogP contribution >= 0.6 is 0 Å². The molecule has 218 valence electrons. The van der Waals surface area contributed by atoms with Crippen LogP contribution in [-0.2, 0) is 40.4 Å². The van der Waals surface area contributed by atoms with Gasteiger partial charge >= 0.3 is 5.97 Å². The summed E-state index contributed by atoms with van der Waals surface area (Å²) >= 11 is 0. The maximum absolute atomic E-state index is 12.9. The second-order valence-corrected chi connectivity index (χ2v) is 9.86. The molecule has 0 spiro atoms. The standard InChI is InChI=1S/C35H36O7/c1-38-33-20-27(14-16-31(33)41-23-25-10-6-4-7-11-25)18-29(22-36)30(35(37)40-3)19-28-15-17-32(34(21-28)39-2)42-24-26-12-8-5-9-13-26/h4-17,20-22,29-30H,18-19,23-24H2,1-3H3. The van der Waals surface area contributed by atoms with Crippen LogP contribution in [0.5, 0.6) is 23.0 Å². The molecule has 4 rings (SSSR count). The van der Waals surface area contributed by atoms with Crippen molar-refractivity contribution < 1.29 is 33.3 Å². The molecule has 0 amide bonds. The number of carbonyl (C=O) groups excluding carboxylic acids is 2. The maximum atomic E-state index is 12.9. The van der Waals surface area contributed by atoms with Gasteiger partial charge in [0.1, 0.15) is 19.5 Å². The van der Waals surface area contributed by atoms with Gasteiger partial charge in [0.05, 0.1) is 27.2 Å². The summed E-state index contributed by atoms with van der Waals surface area (Å²) in [6.07, 6.45) is 1.44. The normalized spacial score (nSPS) is 12.1. The summed E-state index contributed by atoms with van der Waals surface area (Å²) in [5, 5.41) is 0. The molecule has 4 aromatic carbocycles. The molecule has 42 heavy (non-hydrogen) atoms. The number of benzene rings is 4. The minimum atomic E-state index is -0.701. The van der Waals surface area contributed by atoms with Crippen LogP contribution in [0.4, 0.5) is 0 Å². The van der Waals surface area contributed by atoms with Gasteiger partial charge in [-0.25, -0.2) is 0 Å². The van der Waals surface area contributed by atoms with Crippen LogP contribution in [0.2, 0.25) is 0 Å². The summed E-state index contributed by atoms with van der Waals surface area (Å²) in [5.74, 6) is 0.508. The second-order valence-electron chi connectivity index (χ2n) is 9.86. The van der Waals surface area contributed by atoms with E-state index in [-0.39, 0.29) is 0 Å². The Morgan fingerprint density at radius 2 is 1.10 bits per heavy atom. The minimum absolute atomic E-state index is 0.292. The highest BCUT2D eigenvalue weighted by Crippen LogP contribution is 2.33. The van der Waals surface area contributed by atoms with Crippen molar-refractivity contribution in [3.63, 3.8) is 0 Å². The van der Waals surface area contributed by atoms with Crippen LogP contribution in [0.25, 0.3) is 0 Å². The Morgan fingerprint density at radius 1 is 0.619 bits per heavy atom. The van der Waals surface area contributed by atoms with Gasteiger partial charge < -0.3 is 28.5 Å². The Morgan fingerprint density at radius 3 is 1.52 bits per heavy atom. The first-order valence-corrected chi connectivity index (χ1v) is 13.7. The lowest BCUT2D eigenvalue weighted by molar-refractivity contribution is -0.148. The molecule has 7 heteroatoms. The van der Waals surface area contributed by atoms with Crippen LogP contribution in [0.1, 0.15) is 22.3 Å². The molecule has 0 aliphatic carbocycles. The maximum Gasteiger partial charge on any atom is 0.309 e. The molecule has 0 aliphatic heterocycles. The van der Waals surface area contributed by atoms with E-state index >= 15 is 0 Å². The molecule has 0 saturated carbocycles. The molecule has 7 nitrogen and oxygen atoms in total. The third-order valence-electron chi connectivity index (χ3n) is 7.05. The third-order valence-corrected chi connectivity index (χ3v) is 7.05. The van der Waals surface area contributed by atoms with Crippen molar-refractivity contribution >= 4 is 12.3 Å². The van der Waals surface area contributed by atoms with Crippen molar-refractivity contribution in [3.8, 4) is 23.0 Å². The molecular formula is C35H36O7. The van der Waals surface area contributed by atoms with E-state index in [1.807, 2.05) is 97.1 Å². The zero-order valence-corrected chi connectivity index (χ0v) is 24.2. The Bertz CT molecular complexity index is 1440. The van der Waals surface area contributed by atoms with E-state index in [4.69, 9.17) is 23.7 Å². The number of ether oxygens (including phenoxy) is 5. The average Bonchev–Trinajstić information content (AvgIpc) is 3.05. The number of hydrogen-bond donors (Lipinski definition) is 0. The fraction of sp³-hybridized carbons (Fsp3) is 0.257. The fourth-order valence-electron chi connectivity index (χ4n) is 4.76. The summed E-state index contributed by atoms with van der Waals surface area (Å²) in [4.78, 5) is 25.2. The smallest absolute Gasteiger partial charge is 0.309 e. The molecule has 2 unspecified atom stereocenters. The summed E-state index contributed by atoms with van der Waals surface area (Å²) in [5.41, 5.74) is 3.74. The van der Waals surface area contributed by atoms with Gasteiger partial charge in [0.15, 0.2) is 23.0 Å². The summed E-state index contributed by atoms with van der Waals surface area (Å²) in [6.45, 7) is 0.797. The molecule has 2 atom stereocenters. The first-order chi connectivity index (χ1) is 20.5. The van der Waals surface area contributed by atoms with Crippen LogP contribution in [0, 0.1) is 11.8 Å². The van der Waals surface area contributed by atoms with Gasteiger partial charge in [0.25, 0.3) is 0 Å². The van der Waals surface area contributed by atoms with E-state index in [0.717, 1.165) is 28.5 Å². The van der Waals surface area contributed by atoms with Crippen molar-refractivity contribution in [2.24, 2.45) is 11.8 Å². The van der Waals surface area contributed by atoms with Crippen molar-refractivity contribution in [1.82, 2.24) is 0 Å². The lowest BCUT2D eigenvalue weighted by Crippen LogP contribution is -2.29. The number of rotatable bonds is 15. The van der Waals surface area contributed by atoms with E-state index in [2.05, 4.69) is 0 Å². The van der Waals surface area contributed by atoms with Gasteiger partial charge in [0.2, 0.25) is 0 Å². The zero-order chi connectivity index (χ0) is 29.7. The molecule has 0 N–H and O–H groups in total. The van der Waals surface area contributed by atoms with Crippen LogP contribution in [0.15, 0.2) is 97.1 Å². The molecule has 0 heterocycles. The Balaban J connectivity index is 1.47. The molecular weight excluding hydrogens is 532 g/mol. The highest BCUT2D eigenvalue weighted by atomic mass is 16.5. The Labute approximate surface area is 247 Å². The largest absolute Gasteiger partial charge is 0.493 e. The van der Waals surface area contributed by atoms with Crippen molar-refractivity contribution in [1.29, 1.82) is 0 Å². The van der Waals surface area contributed by atoms with Crippen molar-refractivity contribution in [3.05, 3.63) is 119 Å². The van der Waals surface area contributed by atoms with Crippen LogP contribution in [0.3, 0.4) is 0 Å². The second kappa shape index (κ2) is 15.3. The molecule has 4 aromatic rings. The fourth-order valence-corrected chi connectivity index (χ4v) is 4.76. The monoisotopic (exact) mass is 568 g/mol. The first kappa shape index (κ1) is 30.2. The number of methoxy groups -OCH3 is 3. The number of carbonyl (C=O) groups is 2. The van der Waals surface area contributed by atoms with Gasteiger partial charge in [-0.1, -0.05) is 72.8 Å². The Kier molecular flexibility index (Phi) is 11.0.